The van der Waals surface area contributed by atoms with Crippen molar-refractivity contribution in [1.82, 2.24) is 9.97 Å². The molecule has 0 saturated heterocycles. The molecule has 0 aromatic carbocycles. The van der Waals surface area contributed by atoms with Gasteiger partial charge in [0.25, 0.3) is 0 Å². The molecule has 2 aromatic rings. The van der Waals surface area contributed by atoms with Crippen LogP contribution in [0.4, 0.5) is 0 Å². The van der Waals surface area contributed by atoms with Crippen molar-refractivity contribution in [3.63, 3.8) is 0 Å². The minimum Gasteiger partial charge on any atom is -0.494 e. The number of aromatic amines is 1. The van der Waals surface area contributed by atoms with E-state index in [-0.39, 0.29) is 5.88 Å². The van der Waals surface area contributed by atoms with Crippen LogP contribution in [-0.2, 0) is 0 Å². The van der Waals surface area contributed by atoms with Gasteiger partial charge in [-0.3, -0.25) is 0 Å². The lowest BCUT2D eigenvalue weighted by molar-refractivity contribution is 0.456. The van der Waals surface area contributed by atoms with Gasteiger partial charge in [-0.05, 0) is 36.7 Å². The van der Waals surface area contributed by atoms with Crippen molar-refractivity contribution in [2.45, 2.75) is 13.8 Å². The van der Waals surface area contributed by atoms with E-state index in [1.54, 1.807) is 26.1 Å². The minimum absolute atomic E-state index is 0.00852. The normalized spacial score (nSPS) is 12.6. The zero-order valence-corrected chi connectivity index (χ0v) is 8.98. The molecule has 0 amide bonds. The summed E-state index contributed by atoms with van der Waals surface area (Å²) in [6.45, 7) is 3.35. The molecule has 2 N–H and O–H groups in total. The van der Waals surface area contributed by atoms with Crippen LogP contribution in [0.25, 0.3) is 16.6 Å². The Labute approximate surface area is 91.8 Å². The lowest BCUT2D eigenvalue weighted by Crippen LogP contribution is -1.82. The summed E-state index contributed by atoms with van der Waals surface area (Å²) < 4.78 is 0. The van der Waals surface area contributed by atoms with Crippen LogP contribution in [0.15, 0.2) is 29.2 Å². The van der Waals surface area contributed by atoms with E-state index in [1.807, 2.05) is 6.07 Å². The summed E-state index contributed by atoms with van der Waals surface area (Å²) >= 11 is 0. The molecule has 0 spiro atoms. The van der Waals surface area contributed by atoms with Gasteiger partial charge >= 0.3 is 0 Å². The van der Waals surface area contributed by atoms with Gasteiger partial charge in [-0.25, -0.2) is 4.98 Å². The Morgan fingerprint density at radius 1 is 1.50 bits per heavy atom. The number of pyridine rings is 1. The zero-order valence-electron chi connectivity index (χ0n) is 8.98. The lowest BCUT2D eigenvalue weighted by Gasteiger charge is -2.00. The van der Waals surface area contributed by atoms with Gasteiger partial charge in [-0.15, -0.1) is 4.91 Å². The Morgan fingerprint density at radius 3 is 2.94 bits per heavy atom. The number of aromatic nitrogens is 2. The summed E-state index contributed by atoms with van der Waals surface area (Å²) in [4.78, 5) is 17.3. The smallest absolute Gasteiger partial charge is 0.198 e. The second-order valence-corrected chi connectivity index (χ2v) is 3.55. The maximum absolute atomic E-state index is 10.5. The number of aromatic hydroxyl groups is 1. The highest BCUT2D eigenvalue weighted by Crippen LogP contribution is 2.33. The van der Waals surface area contributed by atoms with Gasteiger partial charge in [0.1, 0.15) is 5.65 Å². The Balaban J connectivity index is 2.78. The van der Waals surface area contributed by atoms with Crippen LogP contribution >= 0.6 is 0 Å². The fraction of sp³-hybridized carbons (Fsp3) is 0.182. The average Bonchev–Trinajstić information content (AvgIpc) is 2.63. The number of rotatable bonds is 2. The van der Waals surface area contributed by atoms with E-state index in [0.717, 1.165) is 5.39 Å². The molecule has 0 atom stereocenters. The van der Waals surface area contributed by atoms with E-state index in [4.69, 9.17) is 0 Å². The first-order valence-corrected chi connectivity index (χ1v) is 4.82. The highest BCUT2D eigenvalue weighted by atomic mass is 16.3. The second kappa shape index (κ2) is 3.77. The van der Waals surface area contributed by atoms with Gasteiger partial charge in [-0.1, -0.05) is 0 Å². The molecule has 16 heavy (non-hydrogen) atoms. The Bertz CT molecular complexity index is 584. The van der Waals surface area contributed by atoms with Crippen molar-refractivity contribution >= 4 is 16.6 Å². The minimum atomic E-state index is 0.00852. The predicted molar refractivity (Wildman–Crippen MR) is 61.8 cm³/mol. The first-order chi connectivity index (χ1) is 7.65. The fourth-order valence-corrected chi connectivity index (χ4v) is 1.64. The SMILES string of the molecule is CC(N=O)=C(C)c1c(O)[nH]c2ncccc12. The fourth-order valence-electron chi connectivity index (χ4n) is 1.64. The summed E-state index contributed by atoms with van der Waals surface area (Å²) in [6, 6.07) is 3.60. The van der Waals surface area contributed by atoms with Crippen LogP contribution in [0.3, 0.4) is 0 Å². The van der Waals surface area contributed by atoms with Crippen LogP contribution in [-0.4, -0.2) is 15.1 Å². The Hall–Kier alpha value is -2.17. The van der Waals surface area contributed by atoms with Gasteiger partial charge in [0, 0.05) is 11.6 Å². The Morgan fingerprint density at radius 2 is 2.25 bits per heavy atom. The molecule has 0 unspecified atom stereocenters. The molecular formula is C11H11N3O2. The molecule has 2 heterocycles. The molecule has 0 aliphatic rings. The van der Waals surface area contributed by atoms with Crippen molar-refractivity contribution in [3.8, 4) is 5.88 Å². The molecule has 0 aliphatic heterocycles. The third-order valence-corrected chi connectivity index (χ3v) is 2.61. The molecule has 0 aliphatic carbocycles. The number of allylic oxidation sites excluding steroid dienone is 2. The molecular weight excluding hydrogens is 206 g/mol. The Kier molecular flexibility index (Phi) is 2.44. The molecule has 5 nitrogen and oxygen atoms in total. The van der Waals surface area contributed by atoms with Crippen LogP contribution < -0.4 is 0 Å². The number of hydrogen-bond acceptors (Lipinski definition) is 4. The van der Waals surface area contributed by atoms with Crippen molar-refractivity contribution < 1.29 is 5.11 Å². The van der Waals surface area contributed by atoms with Gasteiger partial charge in [0.2, 0.25) is 0 Å². The highest BCUT2D eigenvalue weighted by molar-refractivity contribution is 5.93. The third-order valence-electron chi connectivity index (χ3n) is 2.61. The third kappa shape index (κ3) is 1.46. The average molecular weight is 217 g/mol. The van der Waals surface area contributed by atoms with Crippen LogP contribution in [0, 0.1) is 4.91 Å². The molecule has 0 radical (unpaired) electrons. The number of hydrogen-bond donors (Lipinski definition) is 2. The summed E-state index contributed by atoms with van der Waals surface area (Å²) in [6.07, 6.45) is 1.63. The number of nitrogens with zero attached hydrogens (tertiary/aromatic N) is 2. The van der Waals surface area contributed by atoms with Crippen molar-refractivity contribution in [1.29, 1.82) is 0 Å². The first-order valence-electron chi connectivity index (χ1n) is 4.82. The van der Waals surface area contributed by atoms with E-state index < -0.39 is 0 Å². The maximum atomic E-state index is 10.5. The van der Waals surface area contributed by atoms with Crippen LogP contribution in [0.1, 0.15) is 19.4 Å². The highest BCUT2D eigenvalue weighted by Gasteiger charge is 2.14. The molecule has 0 saturated carbocycles. The van der Waals surface area contributed by atoms with Crippen LogP contribution in [0.2, 0.25) is 0 Å². The number of H-pyrrole nitrogens is 1. The predicted octanol–water partition coefficient (Wildman–Crippen LogP) is 2.79. The van der Waals surface area contributed by atoms with E-state index in [2.05, 4.69) is 15.1 Å². The van der Waals surface area contributed by atoms with E-state index in [9.17, 15) is 10.0 Å². The number of nitrogens with one attached hydrogen (secondary N) is 1. The van der Waals surface area contributed by atoms with E-state index in [1.165, 1.54) is 0 Å². The molecule has 2 rings (SSSR count). The molecule has 5 heteroatoms. The standard InChI is InChI=1S/C11H11N3O2/c1-6(7(2)14-16)9-8-4-3-5-12-10(8)13-11(9)15/h3-5,15H,1-2H3,(H,12,13). The van der Waals surface area contributed by atoms with Crippen molar-refractivity contribution in [2.75, 3.05) is 0 Å². The maximum Gasteiger partial charge on any atom is 0.198 e. The van der Waals surface area contributed by atoms with Gasteiger partial charge < -0.3 is 10.1 Å². The quantitative estimate of drug-likeness (QED) is 0.759. The molecule has 2 aromatic heterocycles. The largest absolute Gasteiger partial charge is 0.494 e. The first kappa shape index (κ1) is 10.4. The van der Waals surface area contributed by atoms with Gasteiger partial charge in [0.05, 0.1) is 11.3 Å². The van der Waals surface area contributed by atoms with Crippen molar-refractivity contribution in [2.24, 2.45) is 5.18 Å². The molecule has 82 valence electrons. The van der Waals surface area contributed by atoms with Gasteiger partial charge in [-0.2, -0.15) is 0 Å². The molecule has 0 bridgehead atoms. The summed E-state index contributed by atoms with van der Waals surface area (Å²) in [5, 5.41) is 13.4. The monoisotopic (exact) mass is 217 g/mol. The topological polar surface area (TPSA) is 78.3 Å². The summed E-state index contributed by atoms with van der Waals surface area (Å²) in [7, 11) is 0. The van der Waals surface area contributed by atoms with E-state index >= 15 is 0 Å². The lowest BCUT2D eigenvalue weighted by atomic mass is 10.1. The van der Waals surface area contributed by atoms with Crippen molar-refractivity contribution in [3.05, 3.63) is 34.5 Å². The zero-order chi connectivity index (χ0) is 11.7. The summed E-state index contributed by atoms with van der Waals surface area (Å²) in [5.41, 5.74) is 2.17. The molecule has 0 fully saturated rings. The second-order valence-electron chi connectivity index (χ2n) is 3.55. The van der Waals surface area contributed by atoms with Crippen LogP contribution in [0.5, 0.6) is 5.88 Å². The van der Waals surface area contributed by atoms with Gasteiger partial charge in [0.15, 0.2) is 5.88 Å². The van der Waals surface area contributed by atoms with E-state index in [0.29, 0.717) is 22.5 Å². The number of fused-ring (bicyclic) bond motifs is 1. The summed E-state index contributed by atoms with van der Waals surface area (Å²) in [5.74, 6) is 0.00852. The number of nitroso groups, excluding NO2 is 1.